The van der Waals surface area contributed by atoms with Crippen LogP contribution in [0.3, 0.4) is 0 Å². The minimum atomic E-state index is 0.107. The van der Waals surface area contributed by atoms with Crippen LogP contribution in [-0.4, -0.2) is 48.9 Å². The number of nitrogens with zero attached hydrogens (tertiary/aromatic N) is 2. The van der Waals surface area contributed by atoms with Crippen LogP contribution in [0.15, 0.2) is 24.3 Å². The monoisotopic (exact) mass is 303 g/mol. The van der Waals surface area contributed by atoms with E-state index in [0.29, 0.717) is 6.04 Å². The topological polar surface area (TPSA) is 49.6 Å². The Hall–Kier alpha value is -1.59. The summed E-state index contributed by atoms with van der Waals surface area (Å²) < 4.78 is 1.11. The number of fused-ring (bicyclic) bond motifs is 1. The van der Waals surface area contributed by atoms with Crippen molar-refractivity contribution in [3.05, 3.63) is 29.1 Å². The van der Waals surface area contributed by atoms with Crippen molar-refractivity contribution in [3.8, 4) is 0 Å². The van der Waals surface area contributed by atoms with Gasteiger partial charge < -0.3 is 15.5 Å². The lowest BCUT2D eigenvalue weighted by Crippen LogP contribution is -2.39. The highest BCUT2D eigenvalue weighted by Crippen LogP contribution is 2.28. The fourth-order valence-electron chi connectivity index (χ4n) is 2.96. The van der Waals surface area contributed by atoms with E-state index in [0.717, 1.165) is 33.7 Å². The average molecular weight is 303 g/mol. The van der Waals surface area contributed by atoms with Crippen LogP contribution in [0, 0.1) is 0 Å². The van der Waals surface area contributed by atoms with Crippen molar-refractivity contribution in [1.82, 2.24) is 9.80 Å². The Kier molecular flexibility index (Phi) is 3.87. The van der Waals surface area contributed by atoms with Gasteiger partial charge in [0.2, 0.25) is 0 Å². The second-order valence-corrected chi connectivity index (χ2v) is 6.95. The third-order valence-electron chi connectivity index (χ3n) is 4.25. The van der Waals surface area contributed by atoms with Crippen LogP contribution in [0.1, 0.15) is 22.5 Å². The fourth-order valence-corrected chi connectivity index (χ4v) is 4.00. The van der Waals surface area contributed by atoms with E-state index in [-0.39, 0.29) is 5.91 Å². The van der Waals surface area contributed by atoms with E-state index in [1.807, 2.05) is 36.2 Å². The van der Waals surface area contributed by atoms with E-state index in [4.69, 9.17) is 5.73 Å². The number of rotatable bonds is 3. The van der Waals surface area contributed by atoms with Gasteiger partial charge in [-0.2, -0.15) is 0 Å². The van der Waals surface area contributed by atoms with Gasteiger partial charge in [-0.25, -0.2) is 0 Å². The standard InChI is InChI=1S/C16H21N3OS/c1-18-7-3-4-13(18)10-19(2)16(20)15-9-11-8-12(17)5-6-14(11)21-15/h5-6,8-9,13H,3-4,7,10,17H2,1-2H3. The molecule has 5 heteroatoms. The number of likely N-dealkylation sites (N-methyl/N-ethyl adjacent to an activating group) is 2. The molecule has 1 aromatic heterocycles. The zero-order chi connectivity index (χ0) is 15.0. The molecule has 1 saturated heterocycles. The molecule has 21 heavy (non-hydrogen) atoms. The molecule has 1 aliphatic rings. The summed E-state index contributed by atoms with van der Waals surface area (Å²) in [7, 11) is 4.03. The fraction of sp³-hybridized carbons (Fsp3) is 0.438. The third kappa shape index (κ3) is 2.89. The second kappa shape index (κ2) is 5.66. The summed E-state index contributed by atoms with van der Waals surface area (Å²) in [5, 5.41) is 1.05. The van der Waals surface area contributed by atoms with Crippen LogP contribution in [0.4, 0.5) is 5.69 Å². The molecule has 2 aromatic rings. The predicted molar refractivity (Wildman–Crippen MR) is 88.8 cm³/mol. The molecule has 112 valence electrons. The molecule has 1 amide bonds. The van der Waals surface area contributed by atoms with Gasteiger partial charge in [-0.1, -0.05) is 0 Å². The van der Waals surface area contributed by atoms with Gasteiger partial charge in [0.15, 0.2) is 0 Å². The first-order valence-electron chi connectivity index (χ1n) is 7.29. The highest BCUT2D eigenvalue weighted by Gasteiger charge is 2.24. The SMILES string of the molecule is CN(CC1CCCN1C)C(=O)c1cc2cc(N)ccc2s1. The molecule has 0 saturated carbocycles. The van der Waals surface area contributed by atoms with Crippen molar-refractivity contribution in [2.75, 3.05) is 32.9 Å². The van der Waals surface area contributed by atoms with Crippen molar-refractivity contribution in [2.45, 2.75) is 18.9 Å². The number of hydrogen-bond donors (Lipinski definition) is 1. The Morgan fingerprint density at radius 1 is 1.48 bits per heavy atom. The van der Waals surface area contributed by atoms with E-state index >= 15 is 0 Å². The van der Waals surface area contributed by atoms with Gasteiger partial charge >= 0.3 is 0 Å². The lowest BCUT2D eigenvalue weighted by molar-refractivity contribution is 0.0766. The Labute approximate surface area is 129 Å². The van der Waals surface area contributed by atoms with Crippen LogP contribution in [-0.2, 0) is 0 Å². The Morgan fingerprint density at radius 2 is 2.29 bits per heavy atom. The van der Waals surface area contributed by atoms with Gasteiger partial charge in [0, 0.05) is 30.0 Å². The van der Waals surface area contributed by atoms with Gasteiger partial charge in [-0.15, -0.1) is 11.3 Å². The molecular weight excluding hydrogens is 282 g/mol. The number of thiophene rings is 1. The summed E-state index contributed by atoms with van der Waals surface area (Å²) in [6, 6.07) is 8.23. The molecule has 0 radical (unpaired) electrons. The third-order valence-corrected chi connectivity index (χ3v) is 5.36. The maximum atomic E-state index is 12.6. The van der Waals surface area contributed by atoms with E-state index < -0.39 is 0 Å². The summed E-state index contributed by atoms with van der Waals surface area (Å²) in [5.74, 6) is 0.107. The van der Waals surface area contributed by atoms with Crippen molar-refractivity contribution < 1.29 is 4.79 Å². The predicted octanol–water partition coefficient (Wildman–Crippen LogP) is 2.65. The van der Waals surface area contributed by atoms with Gasteiger partial charge in [0.25, 0.3) is 5.91 Å². The summed E-state index contributed by atoms with van der Waals surface area (Å²) in [5.41, 5.74) is 6.53. The van der Waals surface area contributed by atoms with E-state index in [9.17, 15) is 4.79 Å². The molecule has 1 fully saturated rings. The lowest BCUT2D eigenvalue weighted by atomic mass is 10.2. The molecule has 0 bridgehead atoms. The molecule has 1 unspecified atom stereocenters. The van der Waals surface area contributed by atoms with Gasteiger partial charge in [-0.05, 0) is 56.1 Å². The zero-order valence-corrected chi connectivity index (χ0v) is 13.3. The molecule has 2 heterocycles. The average Bonchev–Trinajstić information content (AvgIpc) is 3.04. The molecule has 2 N–H and O–H groups in total. The highest BCUT2D eigenvalue weighted by molar-refractivity contribution is 7.20. The second-order valence-electron chi connectivity index (χ2n) is 5.87. The van der Waals surface area contributed by atoms with Crippen molar-refractivity contribution in [1.29, 1.82) is 0 Å². The molecule has 1 aliphatic heterocycles. The van der Waals surface area contributed by atoms with Crippen LogP contribution in [0.5, 0.6) is 0 Å². The number of benzene rings is 1. The summed E-state index contributed by atoms with van der Waals surface area (Å²) in [6.45, 7) is 1.93. The summed E-state index contributed by atoms with van der Waals surface area (Å²) in [4.78, 5) is 17.6. The number of nitrogens with two attached hydrogens (primary N) is 1. The summed E-state index contributed by atoms with van der Waals surface area (Å²) in [6.07, 6.45) is 2.41. The number of amides is 1. The van der Waals surface area contributed by atoms with Crippen LogP contribution >= 0.6 is 11.3 Å². The van der Waals surface area contributed by atoms with E-state index in [2.05, 4.69) is 11.9 Å². The van der Waals surface area contributed by atoms with Crippen molar-refractivity contribution in [2.24, 2.45) is 0 Å². The van der Waals surface area contributed by atoms with Gasteiger partial charge in [-0.3, -0.25) is 4.79 Å². The number of carbonyl (C=O) groups is 1. The maximum absolute atomic E-state index is 12.6. The first-order chi connectivity index (χ1) is 10.0. The molecule has 0 spiro atoms. The molecule has 1 atom stereocenters. The highest BCUT2D eigenvalue weighted by atomic mass is 32.1. The minimum absolute atomic E-state index is 0.107. The molecule has 3 rings (SSSR count). The van der Waals surface area contributed by atoms with Crippen LogP contribution in [0.25, 0.3) is 10.1 Å². The normalized spacial score (nSPS) is 19.2. The quantitative estimate of drug-likeness (QED) is 0.887. The van der Waals surface area contributed by atoms with Crippen LogP contribution in [0.2, 0.25) is 0 Å². The lowest BCUT2D eigenvalue weighted by Gasteiger charge is -2.25. The Balaban J connectivity index is 1.76. The molecular formula is C16H21N3OS. The smallest absolute Gasteiger partial charge is 0.263 e. The van der Waals surface area contributed by atoms with Gasteiger partial charge in [0.05, 0.1) is 4.88 Å². The first-order valence-corrected chi connectivity index (χ1v) is 8.11. The van der Waals surface area contributed by atoms with Crippen molar-refractivity contribution in [3.63, 3.8) is 0 Å². The Morgan fingerprint density at radius 3 is 3.00 bits per heavy atom. The van der Waals surface area contributed by atoms with E-state index in [1.54, 1.807) is 11.3 Å². The number of nitrogen functional groups attached to an aromatic ring is 1. The number of anilines is 1. The largest absolute Gasteiger partial charge is 0.399 e. The van der Waals surface area contributed by atoms with Crippen LogP contribution < -0.4 is 5.73 Å². The number of carbonyl (C=O) groups excluding carboxylic acids is 1. The number of hydrogen-bond acceptors (Lipinski definition) is 4. The van der Waals surface area contributed by atoms with E-state index in [1.165, 1.54) is 12.8 Å². The molecule has 4 nitrogen and oxygen atoms in total. The Bertz CT molecular complexity index is 667. The minimum Gasteiger partial charge on any atom is -0.399 e. The molecule has 1 aromatic carbocycles. The van der Waals surface area contributed by atoms with Gasteiger partial charge in [0.1, 0.15) is 0 Å². The van der Waals surface area contributed by atoms with Crippen molar-refractivity contribution >= 4 is 33.0 Å². The first kappa shape index (κ1) is 14.4. The maximum Gasteiger partial charge on any atom is 0.263 e. The summed E-state index contributed by atoms with van der Waals surface area (Å²) >= 11 is 1.54. The zero-order valence-electron chi connectivity index (χ0n) is 12.5. The number of likely N-dealkylation sites (tertiary alicyclic amines) is 1. The molecule has 0 aliphatic carbocycles.